The molecule has 380 valence electrons. The molecule has 0 saturated heterocycles. The van der Waals surface area contributed by atoms with Crippen molar-refractivity contribution in [2.24, 2.45) is 0 Å². The second kappa shape index (κ2) is 27.6. The first-order chi connectivity index (χ1) is 37.1. The first kappa shape index (κ1) is 58.1. The molecule has 0 aliphatic heterocycles. The SMILES string of the molecule is Cc1cc[c]([Bi]([O]S(=O)(=O)c2ccc(C)cc2)[O]S(=O)(=O)c2ccc(C)cc2)cc1.[C-]#[N+]c1cc[c]([Bi]([c]2ccc(C)cc2)[c]2ccc(C#N)cc2)cc1.[C-]#[N+]c1cc[c]([Bi]([c]2ccccc2)[c]2ccc(C#N)cc2)cc1. The molecule has 0 bridgehead atoms. The zero-order valence-electron chi connectivity index (χ0n) is 42.3. The third kappa shape index (κ3) is 16.2. The summed E-state index contributed by atoms with van der Waals surface area (Å²) in [5.74, 6) is 0. The fraction of sp³-hybridized carbons (Fsp3) is 0.0645. The molecule has 0 saturated carbocycles. The Morgan fingerprint density at radius 2 is 0.623 bits per heavy atom. The van der Waals surface area contributed by atoms with Crippen LogP contribution < -0.4 is 22.9 Å². The van der Waals surface area contributed by atoms with Gasteiger partial charge in [0.05, 0.1) is 0 Å². The van der Waals surface area contributed by atoms with Crippen LogP contribution in [0.1, 0.15) is 33.4 Å². The van der Waals surface area contributed by atoms with Crippen LogP contribution in [-0.4, -0.2) is 83.0 Å². The third-order valence-electron chi connectivity index (χ3n) is 11.5. The van der Waals surface area contributed by atoms with Crippen LogP contribution in [-0.2, 0) is 24.8 Å². The van der Waals surface area contributed by atoms with Gasteiger partial charge >= 0.3 is 483 Å². The zero-order chi connectivity index (χ0) is 55.0. The van der Waals surface area contributed by atoms with Crippen molar-refractivity contribution in [2.75, 3.05) is 0 Å². The summed E-state index contributed by atoms with van der Waals surface area (Å²) in [6.45, 7) is 21.9. The number of rotatable bonds is 13. The molecule has 0 fully saturated rings. The molecule has 0 amide bonds. The molecule has 0 aliphatic carbocycles. The molecule has 9 rings (SSSR count). The molecule has 0 aliphatic rings. The van der Waals surface area contributed by atoms with Gasteiger partial charge in [-0.25, -0.2) is 0 Å². The van der Waals surface area contributed by atoms with Crippen LogP contribution in [0.15, 0.2) is 234 Å². The molecule has 77 heavy (non-hydrogen) atoms. The summed E-state index contributed by atoms with van der Waals surface area (Å²) in [7, 11) is -8.39. The van der Waals surface area contributed by atoms with E-state index in [0.717, 1.165) is 16.7 Å². The van der Waals surface area contributed by atoms with Crippen molar-refractivity contribution >= 4 is 121 Å². The molecule has 0 unspecified atom stereocenters. The number of aryl methyl sites for hydroxylation is 4. The molecule has 9 aromatic rings. The van der Waals surface area contributed by atoms with Gasteiger partial charge in [0, 0.05) is 0 Å². The molecular weight excluding hydrogens is 1590 g/mol. The van der Waals surface area contributed by atoms with E-state index in [-0.39, 0.29) is 9.79 Å². The van der Waals surface area contributed by atoms with E-state index in [2.05, 4.69) is 126 Å². The van der Waals surface area contributed by atoms with Crippen LogP contribution >= 0.6 is 0 Å². The molecule has 15 heteroatoms. The van der Waals surface area contributed by atoms with Gasteiger partial charge in [0.25, 0.3) is 0 Å². The van der Waals surface area contributed by atoms with Crippen LogP contribution in [0.4, 0.5) is 11.4 Å². The van der Waals surface area contributed by atoms with Crippen molar-refractivity contribution < 1.29 is 21.4 Å². The van der Waals surface area contributed by atoms with E-state index in [4.69, 9.17) is 28.2 Å². The summed E-state index contributed by atoms with van der Waals surface area (Å²) in [4.78, 5) is 6.87. The standard InChI is InChI=1S/4C7H4N.2C7H8O3S.2C7H7.C6H5.3Bi/c2*1-8-7-5-3-2-4-6-7;2*8-6-7-4-2-1-3-5-7;2*1-6-2-4-7(5-3-6)11(8,9)10;2*1-7-5-3-2-4-6-7;1-2-4-6-5-3-1;;;/h2*3-6H;2*2-5H;2*2-5H,1H3,(H,8,9,10);2*3-6H,1H3;1-5H;;;/q;;;;;;;;;;;+2/p-2. The van der Waals surface area contributed by atoms with E-state index in [9.17, 15) is 16.8 Å². The fourth-order valence-corrected chi connectivity index (χ4v) is 37.1. The number of benzene rings is 9. The van der Waals surface area contributed by atoms with E-state index in [1.165, 1.54) is 49.5 Å². The Kier molecular flexibility index (Phi) is 20.9. The first-order valence-corrected chi connectivity index (χ1v) is 41.5. The predicted molar refractivity (Wildman–Crippen MR) is 310 cm³/mol. The van der Waals surface area contributed by atoms with Crippen molar-refractivity contribution in [2.45, 2.75) is 37.5 Å². The molecule has 0 radical (unpaired) electrons. The van der Waals surface area contributed by atoms with Crippen molar-refractivity contribution in [3.8, 4) is 12.1 Å². The Balaban J connectivity index is 0.000000170. The van der Waals surface area contributed by atoms with Gasteiger partial charge < -0.3 is 0 Å². The Morgan fingerprint density at radius 3 is 0.922 bits per heavy atom. The van der Waals surface area contributed by atoms with Gasteiger partial charge in [-0.1, -0.05) is 0 Å². The molecule has 0 atom stereocenters. The average Bonchev–Trinajstić information content (AvgIpc) is 3.46. The van der Waals surface area contributed by atoms with Crippen LogP contribution in [0.2, 0.25) is 0 Å². The predicted octanol–water partition coefficient (Wildman–Crippen LogP) is 8.68. The second-order valence-electron chi connectivity index (χ2n) is 17.2. The number of hydrogen-bond donors (Lipinski definition) is 0. The Bertz CT molecular complexity index is 3630. The normalized spacial score (nSPS) is 10.9. The minimum absolute atomic E-state index is 0.0449. The van der Waals surface area contributed by atoms with Crippen LogP contribution in [0.3, 0.4) is 0 Å². The number of nitriles is 2. The van der Waals surface area contributed by atoms with Gasteiger partial charge in [-0.2, -0.15) is 0 Å². The monoisotopic (exact) mass is 1640 g/mol. The number of nitrogens with zero attached hydrogens (tertiary/aromatic N) is 4. The van der Waals surface area contributed by atoms with Crippen molar-refractivity contribution in [3.05, 3.63) is 281 Å². The van der Waals surface area contributed by atoms with Gasteiger partial charge in [0.2, 0.25) is 0 Å². The molecule has 0 N–H and O–H groups in total. The topological polar surface area (TPSA) is 143 Å². The van der Waals surface area contributed by atoms with Crippen molar-refractivity contribution in [1.29, 1.82) is 10.5 Å². The Labute approximate surface area is 477 Å². The van der Waals surface area contributed by atoms with Crippen molar-refractivity contribution in [3.63, 3.8) is 0 Å². The molecular formula is C62H49Bi3N4O6S2. The zero-order valence-corrected chi connectivity index (χ0v) is 54.3. The van der Waals surface area contributed by atoms with Gasteiger partial charge in [0.1, 0.15) is 0 Å². The van der Waals surface area contributed by atoms with E-state index in [0.29, 0.717) is 25.8 Å². The maximum absolute atomic E-state index is 12.8. The summed E-state index contributed by atoms with van der Waals surface area (Å²) in [5, 5.41) is 18.0. The summed E-state index contributed by atoms with van der Waals surface area (Å²) in [6, 6.07) is 74.8. The van der Waals surface area contributed by atoms with Gasteiger partial charge in [0.15, 0.2) is 0 Å². The van der Waals surface area contributed by atoms with E-state index in [1.807, 2.05) is 75.4 Å². The molecule has 0 heterocycles. The minimum atomic E-state index is -4.21. The van der Waals surface area contributed by atoms with E-state index >= 15 is 0 Å². The van der Waals surface area contributed by atoms with Crippen LogP contribution in [0, 0.1) is 63.5 Å². The fourth-order valence-electron chi connectivity index (χ4n) is 7.33. The summed E-state index contributed by atoms with van der Waals surface area (Å²) < 4.78 is 70.7. The van der Waals surface area contributed by atoms with Crippen LogP contribution in [0.25, 0.3) is 9.69 Å². The Morgan fingerprint density at radius 1 is 0.364 bits per heavy atom. The molecule has 0 spiro atoms. The van der Waals surface area contributed by atoms with Gasteiger partial charge in [-0.15, -0.1) is 0 Å². The molecule has 10 nitrogen and oxygen atoms in total. The number of hydrogen-bond acceptors (Lipinski definition) is 8. The average molecular weight is 1640 g/mol. The quantitative estimate of drug-likeness (QED) is 0.0825. The molecule has 0 aromatic heterocycles. The van der Waals surface area contributed by atoms with Crippen LogP contribution in [0.5, 0.6) is 0 Å². The second-order valence-corrected chi connectivity index (χ2v) is 45.0. The Hall–Kier alpha value is -6.59. The maximum atomic E-state index is 12.8. The summed E-state index contributed by atoms with van der Waals surface area (Å²) in [6.07, 6.45) is 0. The summed E-state index contributed by atoms with van der Waals surface area (Å²) >= 11 is -8.96. The van der Waals surface area contributed by atoms with Crippen molar-refractivity contribution in [1.82, 2.24) is 0 Å². The van der Waals surface area contributed by atoms with Gasteiger partial charge in [-0.05, 0) is 0 Å². The third-order valence-corrected chi connectivity index (χ3v) is 43.4. The molecule has 9 aromatic carbocycles. The summed E-state index contributed by atoms with van der Waals surface area (Å²) in [5.41, 5.74) is 6.72. The van der Waals surface area contributed by atoms with E-state index < -0.39 is 86.4 Å². The van der Waals surface area contributed by atoms with Gasteiger partial charge in [-0.3, -0.25) is 0 Å². The van der Waals surface area contributed by atoms with E-state index in [1.54, 1.807) is 48.5 Å². The first-order valence-electron chi connectivity index (χ1n) is 23.7.